The molecule has 2 aromatic carbocycles. The van der Waals surface area contributed by atoms with E-state index in [2.05, 4.69) is 5.10 Å². The molecule has 1 heterocycles. The van der Waals surface area contributed by atoms with E-state index in [-0.39, 0.29) is 28.8 Å². The second-order valence-electron chi connectivity index (χ2n) is 5.74. The molecule has 3 rings (SSSR count). The molecule has 26 heavy (non-hydrogen) atoms. The van der Waals surface area contributed by atoms with E-state index in [1.807, 2.05) is 0 Å². The van der Waals surface area contributed by atoms with Crippen LogP contribution in [0, 0.1) is 0 Å². The molecule has 1 N–H and O–H groups in total. The number of Topliss-reactive ketones (excluding diaryl/α,β-unsaturated/α-hetero) is 1. The molecule has 7 heteroatoms. The number of aromatic nitrogens is 2. The van der Waals surface area contributed by atoms with Crippen LogP contribution in [0.4, 0.5) is 0 Å². The Labute approximate surface area is 148 Å². The van der Waals surface area contributed by atoms with Crippen LogP contribution < -0.4 is 10.3 Å². The number of aromatic carboxylic acids is 1. The highest BCUT2D eigenvalue weighted by Crippen LogP contribution is 2.21. The van der Waals surface area contributed by atoms with Gasteiger partial charge in [-0.25, -0.2) is 9.48 Å². The summed E-state index contributed by atoms with van der Waals surface area (Å²) >= 11 is 0. The van der Waals surface area contributed by atoms with E-state index >= 15 is 0 Å². The summed E-state index contributed by atoms with van der Waals surface area (Å²) in [5, 5.41) is 14.0. The van der Waals surface area contributed by atoms with Crippen molar-refractivity contribution in [2.45, 2.75) is 13.5 Å². The summed E-state index contributed by atoms with van der Waals surface area (Å²) in [5.41, 5.74) is 0.400. The molecule has 7 nitrogen and oxygen atoms in total. The van der Waals surface area contributed by atoms with E-state index in [4.69, 9.17) is 4.74 Å². The molecular weight excluding hydrogens is 336 g/mol. The minimum atomic E-state index is -1.22. The topological polar surface area (TPSA) is 98.5 Å². The van der Waals surface area contributed by atoms with Crippen LogP contribution in [-0.4, -0.2) is 33.7 Å². The Balaban J connectivity index is 2.20. The van der Waals surface area contributed by atoms with Gasteiger partial charge in [-0.15, -0.1) is 0 Å². The van der Waals surface area contributed by atoms with Gasteiger partial charge < -0.3 is 9.84 Å². The largest absolute Gasteiger partial charge is 0.496 e. The minimum Gasteiger partial charge on any atom is -0.496 e. The van der Waals surface area contributed by atoms with Gasteiger partial charge in [0.1, 0.15) is 5.75 Å². The number of hydrogen-bond acceptors (Lipinski definition) is 5. The first-order valence-corrected chi connectivity index (χ1v) is 7.83. The number of rotatable bonds is 5. The summed E-state index contributed by atoms with van der Waals surface area (Å²) in [6.45, 7) is 1.42. The predicted molar refractivity (Wildman–Crippen MR) is 95.1 cm³/mol. The second kappa shape index (κ2) is 6.79. The van der Waals surface area contributed by atoms with Gasteiger partial charge in [-0.05, 0) is 31.2 Å². The first-order chi connectivity index (χ1) is 12.4. The number of nitrogens with zero attached hydrogens (tertiary/aromatic N) is 2. The lowest BCUT2D eigenvalue weighted by molar-refractivity contribution is 0.0690. The summed E-state index contributed by atoms with van der Waals surface area (Å²) in [5.74, 6) is -0.868. The van der Waals surface area contributed by atoms with E-state index in [1.54, 1.807) is 42.5 Å². The Kier molecular flexibility index (Phi) is 4.53. The fourth-order valence-corrected chi connectivity index (χ4v) is 2.78. The lowest BCUT2D eigenvalue weighted by Gasteiger charge is -2.12. The van der Waals surface area contributed by atoms with Crippen molar-refractivity contribution in [2.75, 3.05) is 7.11 Å². The predicted octanol–water partition coefficient (Wildman–Crippen LogP) is 2.35. The molecule has 0 atom stereocenters. The minimum absolute atomic E-state index is 0.0196. The zero-order valence-corrected chi connectivity index (χ0v) is 14.2. The maximum Gasteiger partial charge on any atom is 0.357 e. The average Bonchev–Trinajstić information content (AvgIpc) is 2.63. The van der Waals surface area contributed by atoms with Crippen LogP contribution in [-0.2, 0) is 6.54 Å². The lowest BCUT2D eigenvalue weighted by atomic mass is 10.1. The molecular formula is C19H16N2O5. The third-order valence-corrected chi connectivity index (χ3v) is 4.08. The van der Waals surface area contributed by atoms with Crippen LogP contribution in [0.3, 0.4) is 0 Å². The van der Waals surface area contributed by atoms with Gasteiger partial charge in [-0.1, -0.05) is 18.2 Å². The molecule has 0 amide bonds. The molecule has 1 aromatic heterocycles. The second-order valence-corrected chi connectivity index (χ2v) is 5.74. The Bertz CT molecular complexity index is 1080. The van der Waals surface area contributed by atoms with E-state index in [1.165, 1.54) is 14.0 Å². The molecule has 0 unspecified atom stereocenters. The number of carboxylic acids is 1. The van der Waals surface area contributed by atoms with Crippen molar-refractivity contribution >= 4 is 22.5 Å². The molecule has 0 aliphatic rings. The fourth-order valence-electron chi connectivity index (χ4n) is 2.78. The summed E-state index contributed by atoms with van der Waals surface area (Å²) in [6.07, 6.45) is 0. The van der Waals surface area contributed by atoms with Crippen LogP contribution in [0.1, 0.15) is 33.3 Å². The maximum atomic E-state index is 12.7. The van der Waals surface area contributed by atoms with Crippen molar-refractivity contribution in [1.29, 1.82) is 0 Å². The highest BCUT2D eigenvalue weighted by Gasteiger charge is 2.17. The van der Waals surface area contributed by atoms with Gasteiger partial charge in [-0.2, -0.15) is 5.10 Å². The quantitative estimate of drug-likeness (QED) is 0.708. The SMILES string of the molecule is COc1ccc(C(C)=O)cc1Cn1nc(C(=O)O)c2ccccc2c1=O. The molecule has 0 saturated heterocycles. The number of benzene rings is 2. The van der Waals surface area contributed by atoms with Crippen molar-refractivity contribution in [1.82, 2.24) is 9.78 Å². The van der Waals surface area contributed by atoms with Gasteiger partial charge in [-0.3, -0.25) is 9.59 Å². The number of fused-ring (bicyclic) bond motifs is 1. The highest BCUT2D eigenvalue weighted by atomic mass is 16.5. The normalized spacial score (nSPS) is 10.7. The van der Waals surface area contributed by atoms with Crippen LogP contribution in [0.2, 0.25) is 0 Å². The van der Waals surface area contributed by atoms with Crippen LogP contribution >= 0.6 is 0 Å². The van der Waals surface area contributed by atoms with Crippen LogP contribution in [0.5, 0.6) is 5.75 Å². The maximum absolute atomic E-state index is 12.7. The third kappa shape index (κ3) is 3.06. The Hall–Kier alpha value is -3.48. The van der Waals surface area contributed by atoms with Crippen molar-refractivity contribution in [3.8, 4) is 5.75 Å². The van der Waals surface area contributed by atoms with Crippen molar-refractivity contribution in [3.63, 3.8) is 0 Å². The zero-order chi connectivity index (χ0) is 18.8. The Morgan fingerprint density at radius 3 is 2.46 bits per heavy atom. The smallest absolute Gasteiger partial charge is 0.357 e. The molecule has 0 radical (unpaired) electrons. The number of carboxylic acid groups (broad SMARTS) is 1. The number of methoxy groups -OCH3 is 1. The standard InChI is InChI=1S/C19H16N2O5/c1-11(22)12-7-8-16(26-2)13(9-12)10-21-18(23)15-6-4-3-5-14(15)17(20-21)19(24)25/h3-9H,10H2,1-2H3,(H,24,25). The van der Waals surface area contributed by atoms with Gasteiger partial charge in [0.15, 0.2) is 11.5 Å². The number of carbonyl (C=O) groups is 2. The van der Waals surface area contributed by atoms with E-state index in [0.717, 1.165) is 4.68 Å². The van der Waals surface area contributed by atoms with Gasteiger partial charge >= 0.3 is 5.97 Å². The Morgan fingerprint density at radius 2 is 1.85 bits per heavy atom. The first kappa shape index (κ1) is 17.3. The van der Waals surface area contributed by atoms with E-state index in [9.17, 15) is 19.5 Å². The monoisotopic (exact) mass is 352 g/mol. The number of ether oxygens (including phenoxy) is 1. The first-order valence-electron chi connectivity index (χ1n) is 7.83. The number of carbonyl (C=O) groups excluding carboxylic acids is 1. The molecule has 0 aliphatic heterocycles. The molecule has 0 bridgehead atoms. The van der Waals surface area contributed by atoms with Crippen molar-refractivity contribution < 1.29 is 19.4 Å². The molecule has 132 valence electrons. The molecule has 0 saturated carbocycles. The summed E-state index contributed by atoms with van der Waals surface area (Å²) in [6, 6.07) is 11.3. The fraction of sp³-hybridized carbons (Fsp3) is 0.158. The van der Waals surface area contributed by atoms with Gasteiger partial charge in [0.25, 0.3) is 5.56 Å². The Morgan fingerprint density at radius 1 is 1.15 bits per heavy atom. The number of ketones is 1. The molecule has 0 fully saturated rings. The van der Waals surface area contributed by atoms with E-state index < -0.39 is 11.5 Å². The summed E-state index contributed by atoms with van der Waals surface area (Å²) < 4.78 is 6.36. The summed E-state index contributed by atoms with van der Waals surface area (Å²) in [7, 11) is 1.48. The van der Waals surface area contributed by atoms with Crippen LogP contribution in [0.15, 0.2) is 47.3 Å². The summed E-state index contributed by atoms with van der Waals surface area (Å²) in [4.78, 5) is 35.9. The molecule has 0 aliphatic carbocycles. The van der Waals surface area contributed by atoms with Crippen molar-refractivity contribution in [2.24, 2.45) is 0 Å². The highest BCUT2D eigenvalue weighted by molar-refractivity contribution is 6.01. The average molecular weight is 352 g/mol. The van der Waals surface area contributed by atoms with E-state index in [0.29, 0.717) is 16.9 Å². The van der Waals surface area contributed by atoms with Crippen molar-refractivity contribution in [3.05, 3.63) is 69.6 Å². The third-order valence-electron chi connectivity index (χ3n) is 4.08. The number of hydrogen-bond donors (Lipinski definition) is 1. The molecule has 3 aromatic rings. The van der Waals surface area contributed by atoms with Gasteiger partial charge in [0.05, 0.1) is 19.0 Å². The molecule has 0 spiro atoms. The van der Waals surface area contributed by atoms with Gasteiger partial charge in [0.2, 0.25) is 0 Å². The lowest BCUT2D eigenvalue weighted by Crippen LogP contribution is -2.26. The van der Waals surface area contributed by atoms with Crippen LogP contribution in [0.25, 0.3) is 10.8 Å². The van der Waals surface area contributed by atoms with Gasteiger partial charge in [0, 0.05) is 16.5 Å². The zero-order valence-electron chi connectivity index (χ0n) is 14.2.